The Hall–Kier alpha value is -3.08. The minimum absolute atomic E-state index is 0.0405. The summed E-state index contributed by atoms with van der Waals surface area (Å²) in [6, 6.07) is 4.04. The van der Waals surface area contributed by atoms with Crippen molar-refractivity contribution >= 4 is 23.0 Å². The topological polar surface area (TPSA) is 80.0 Å². The monoisotopic (exact) mass is 414 g/mol. The molecule has 3 aromatic rings. The summed E-state index contributed by atoms with van der Waals surface area (Å²) >= 11 is 0. The number of aromatic nitrogens is 3. The largest absolute Gasteiger partial charge is 0.433 e. The number of carbonyl (C=O) groups excluding carboxylic acids is 1. The molecule has 154 valence electrons. The molecule has 1 amide bonds. The maximum atomic E-state index is 13.7. The van der Waals surface area contributed by atoms with Gasteiger partial charge in [0.15, 0.2) is 5.65 Å². The first-order chi connectivity index (χ1) is 13.3. The van der Waals surface area contributed by atoms with Crippen LogP contribution in [0.3, 0.4) is 0 Å². The van der Waals surface area contributed by atoms with E-state index in [4.69, 9.17) is 0 Å². The van der Waals surface area contributed by atoms with Crippen molar-refractivity contribution in [2.75, 3.05) is 5.32 Å². The third kappa shape index (κ3) is 4.67. The molecule has 0 saturated carbocycles. The number of benzene rings is 1. The highest BCUT2D eigenvalue weighted by molar-refractivity contribution is 5.92. The number of fused-ring (bicyclic) bond motifs is 1. The number of hydrogen-bond acceptors (Lipinski definition) is 4. The predicted octanol–water partition coefficient (Wildman–Crippen LogP) is 3.82. The lowest BCUT2D eigenvalue weighted by molar-refractivity contribution is -0.141. The van der Waals surface area contributed by atoms with Gasteiger partial charge in [-0.25, -0.2) is 18.7 Å². The Labute approximate surface area is 161 Å². The van der Waals surface area contributed by atoms with Crippen LogP contribution in [0.25, 0.3) is 16.9 Å². The summed E-state index contributed by atoms with van der Waals surface area (Å²) < 4.78 is 67.5. The first-order valence-electron chi connectivity index (χ1n) is 8.29. The average molecular weight is 414 g/mol. The zero-order valence-electron chi connectivity index (χ0n) is 15.2. The lowest BCUT2D eigenvalue weighted by Crippen LogP contribution is -2.28. The van der Waals surface area contributed by atoms with Crippen LogP contribution in [-0.2, 0) is 11.0 Å². The molecule has 29 heavy (non-hydrogen) atoms. The number of nitrogens with one attached hydrogen (secondary N) is 1. The number of rotatable bonds is 4. The Morgan fingerprint density at radius 1 is 1.10 bits per heavy atom. The van der Waals surface area contributed by atoms with Crippen LogP contribution in [0.4, 0.5) is 27.9 Å². The first kappa shape index (κ1) is 20.6. The Balaban J connectivity index is 2.20. The summed E-state index contributed by atoms with van der Waals surface area (Å²) in [5.41, 5.74) is -3.23. The molecule has 0 aliphatic carbocycles. The van der Waals surface area contributed by atoms with Crippen molar-refractivity contribution in [2.45, 2.75) is 32.0 Å². The third-order valence-corrected chi connectivity index (χ3v) is 3.74. The molecule has 0 atom stereocenters. The van der Waals surface area contributed by atoms with E-state index in [1.807, 2.05) is 0 Å². The predicted molar refractivity (Wildman–Crippen MR) is 93.3 cm³/mol. The second kappa shape index (κ2) is 7.07. The summed E-state index contributed by atoms with van der Waals surface area (Å²) in [6.45, 7) is 2.77. The van der Waals surface area contributed by atoms with Gasteiger partial charge in [-0.3, -0.25) is 14.7 Å². The average Bonchev–Trinajstić information content (AvgIpc) is 2.87. The van der Waals surface area contributed by atoms with Crippen molar-refractivity contribution in [3.63, 3.8) is 0 Å². The Morgan fingerprint density at radius 3 is 2.28 bits per heavy atom. The van der Waals surface area contributed by atoms with E-state index >= 15 is 0 Å². The van der Waals surface area contributed by atoms with Crippen molar-refractivity contribution in [2.24, 2.45) is 0 Å². The Bertz CT molecular complexity index is 1070. The van der Waals surface area contributed by atoms with Gasteiger partial charge in [-0.15, -0.1) is 0 Å². The number of nitrogens with zero attached hydrogens (tertiary/aromatic N) is 3. The normalized spacial score (nSPS) is 12.4. The molecule has 0 aliphatic heterocycles. The molecule has 0 spiro atoms. The highest BCUT2D eigenvalue weighted by atomic mass is 19.4. The number of anilines is 1. The number of imidazole rings is 1. The maximum absolute atomic E-state index is 13.7. The van der Waals surface area contributed by atoms with E-state index in [0.29, 0.717) is 12.1 Å². The van der Waals surface area contributed by atoms with E-state index < -0.39 is 35.0 Å². The van der Waals surface area contributed by atoms with Gasteiger partial charge in [-0.05, 0) is 38.1 Å². The van der Waals surface area contributed by atoms with E-state index in [1.54, 1.807) is 0 Å². The number of hydrogen-bond donors (Lipinski definition) is 2. The molecule has 0 unspecified atom stereocenters. The van der Waals surface area contributed by atoms with Crippen LogP contribution in [0.15, 0.2) is 30.3 Å². The van der Waals surface area contributed by atoms with E-state index in [-0.39, 0.29) is 29.2 Å². The molecule has 2 heterocycles. The van der Waals surface area contributed by atoms with Crippen molar-refractivity contribution in [3.8, 4) is 5.69 Å². The molecule has 6 nitrogen and oxygen atoms in total. The van der Waals surface area contributed by atoms with Crippen molar-refractivity contribution in [1.82, 2.24) is 14.5 Å². The van der Waals surface area contributed by atoms with Crippen LogP contribution < -0.4 is 5.32 Å². The fourth-order valence-electron chi connectivity index (χ4n) is 2.67. The molecular formula is C18H15F5N4O2. The van der Waals surface area contributed by atoms with Crippen LogP contribution >= 0.6 is 0 Å². The number of carbonyl (C=O) groups is 1. The third-order valence-electron chi connectivity index (χ3n) is 3.74. The molecule has 11 heteroatoms. The zero-order chi connectivity index (χ0) is 21.6. The number of pyridine rings is 1. The van der Waals surface area contributed by atoms with Crippen molar-refractivity contribution in [3.05, 3.63) is 47.7 Å². The Morgan fingerprint density at radius 2 is 1.72 bits per heavy atom. The first-order valence-corrected chi connectivity index (χ1v) is 8.29. The number of halogens is 5. The van der Waals surface area contributed by atoms with Crippen molar-refractivity contribution in [1.29, 1.82) is 0 Å². The molecule has 2 N–H and O–H groups in total. The Kier molecular flexibility index (Phi) is 5.03. The summed E-state index contributed by atoms with van der Waals surface area (Å²) in [5, 5.41) is 12.1. The molecule has 3 rings (SSSR count). The van der Waals surface area contributed by atoms with E-state index in [2.05, 4.69) is 15.3 Å². The molecular weight excluding hydrogens is 399 g/mol. The smallest absolute Gasteiger partial charge is 0.390 e. The molecule has 0 radical (unpaired) electrons. The molecule has 0 bridgehead atoms. The zero-order valence-corrected chi connectivity index (χ0v) is 15.2. The fourth-order valence-corrected chi connectivity index (χ4v) is 2.67. The standard InChI is InChI=1S/C18H15F5N4O2/c1-17(2,29)8-14(28)26-16-24-12-3-4-13(18(21,22)23)25-15(12)27(16)11-6-9(19)5-10(20)7-11/h3-7,29H,8H2,1-2H3,(H,24,26,28). The fraction of sp³-hybridized carbons (Fsp3) is 0.278. The minimum Gasteiger partial charge on any atom is -0.390 e. The minimum atomic E-state index is -4.76. The van der Waals surface area contributed by atoms with Crippen LogP contribution in [0.1, 0.15) is 26.0 Å². The summed E-state index contributed by atoms with van der Waals surface area (Å²) in [6.07, 6.45) is -5.12. The van der Waals surface area contributed by atoms with Gasteiger partial charge in [0, 0.05) is 6.07 Å². The maximum Gasteiger partial charge on any atom is 0.433 e. The second-order valence-electron chi connectivity index (χ2n) is 6.97. The van der Waals surface area contributed by atoms with E-state index in [0.717, 1.165) is 22.8 Å². The van der Waals surface area contributed by atoms with Gasteiger partial charge in [0.25, 0.3) is 0 Å². The second-order valence-corrected chi connectivity index (χ2v) is 6.97. The SMILES string of the molecule is CC(C)(O)CC(=O)Nc1nc2ccc(C(F)(F)F)nc2n1-c1cc(F)cc(F)c1. The number of amides is 1. The molecule has 0 aliphatic rings. The molecule has 0 fully saturated rings. The van der Waals surface area contributed by atoms with Crippen LogP contribution in [0.5, 0.6) is 0 Å². The molecule has 2 aromatic heterocycles. The van der Waals surface area contributed by atoms with Gasteiger partial charge in [0.1, 0.15) is 22.8 Å². The van der Waals surface area contributed by atoms with Gasteiger partial charge < -0.3 is 5.11 Å². The van der Waals surface area contributed by atoms with Crippen LogP contribution in [-0.4, -0.2) is 31.1 Å². The van der Waals surface area contributed by atoms with Gasteiger partial charge in [-0.1, -0.05) is 0 Å². The molecule has 0 saturated heterocycles. The lowest BCUT2D eigenvalue weighted by atomic mass is 10.1. The highest BCUT2D eigenvalue weighted by Gasteiger charge is 2.33. The van der Waals surface area contributed by atoms with E-state index in [1.165, 1.54) is 13.8 Å². The lowest BCUT2D eigenvalue weighted by Gasteiger charge is -2.16. The quantitative estimate of drug-likeness (QED) is 0.637. The van der Waals surface area contributed by atoms with Gasteiger partial charge in [-0.2, -0.15) is 13.2 Å². The van der Waals surface area contributed by atoms with Gasteiger partial charge in [0.05, 0.1) is 17.7 Å². The van der Waals surface area contributed by atoms with Crippen molar-refractivity contribution < 1.29 is 31.9 Å². The summed E-state index contributed by atoms with van der Waals surface area (Å²) in [7, 11) is 0. The van der Waals surface area contributed by atoms with Crippen LogP contribution in [0.2, 0.25) is 0 Å². The number of alkyl halides is 3. The van der Waals surface area contributed by atoms with Crippen LogP contribution in [0, 0.1) is 11.6 Å². The molecule has 1 aromatic carbocycles. The number of aliphatic hydroxyl groups is 1. The van der Waals surface area contributed by atoms with E-state index in [9.17, 15) is 31.9 Å². The highest BCUT2D eigenvalue weighted by Crippen LogP contribution is 2.31. The summed E-state index contributed by atoms with van der Waals surface area (Å²) in [4.78, 5) is 19.7. The van der Waals surface area contributed by atoms with Gasteiger partial charge >= 0.3 is 6.18 Å². The van der Waals surface area contributed by atoms with Gasteiger partial charge in [0.2, 0.25) is 11.9 Å². The summed E-state index contributed by atoms with van der Waals surface area (Å²) in [5.74, 6) is -2.97.